The Bertz CT molecular complexity index is 1400. The highest BCUT2D eigenvalue weighted by Crippen LogP contribution is 2.35. The van der Waals surface area contributed by atoms with E-state index in [-0.39, 0.29) is 11.5 Å². The minimum absolute atomic E-state index is 0.163. The molecule has 3 aromatic carbocycles. The number of benzene rings is 3. The lowest BCUT2D eigenvalue weighted by molar-refractivity contribution is -0.131. The number of carbonyl (C=O) groups is 4. The summed E-state index contributed by atoms with van der Waals surface area (Å²) >= 11 is 1.30. The first kappa shape index (κ1) is 23.0. The van der Waals surface area contributed by atoms with E-state index in [9.17, 15) is 19.2 Å². The monoisotopic (exact) mass is 496 g/mol. The maximum Gasteiger partial charge on any atom is 0.344 e. The summed E-state index contributed by atoms with van der Waals surface area (Å²) < 4.78 is 0. The molecule has 0 spiro atoms. The zero-order chi connectivity index (χ0) is 25.1. The van der Waals surface area contributed by atoms with Gasteiger partial charge < -0.3 is 10.6 Å². The van der Waals surface area contributed by atoms with Crippen LogP contribution in [0.25, 0.3) is 0 Å². The van der Waals surface area contributed by atoms with E-state index in [1.54, 1.807) is 78.2 Å². The summed E-state index contributed by atoms with van der Waals surface area (Å²) in [5, 5.41) is 8.00. The largest absolute Gasteiger partial charge is 0.344 e. The summed E-state index contributed by atoms with van der Waals surface area (Å²) in [6.45, 7) is 0. The van der Waals surface area contributed by atoms with Crippen molar-refractivity contribution in [3.8, 4) is 0 Å². The molecule has 8 nitrogen and oxygen atoms in total. The predicted molar refractivity (Wildman–Crippen MR) is 135 cm³/mol. The van der Waals surface area contributed by atoms with Gasteiger partial charge in [-0.05, 0) is 40.8 Å². The molecule has 2 heterocycles. The molecule has 1 aromatic heterocycles. The molecule has 4 aromatic rings. The number of carbonyl (C=O) groups excluding carboxylic acids is 4. The number of urea groups is 1. The SMILES string of the molecule is O=C(NN1C(=O)NC(c2ccccc2)(c2ccccc2)C1=O)c1cccc(NC(=O)c2cccs2)c1. The van der Waals surface area contributed by atoms with Gasteiger partial charge in [0.2, 0.25) is 0 Å². The van der Waals surface area contributed by atoms with Crippen LogP contribution < -0.4 is 16.1 Å². The average molecular weight is 497 g/mol. The highest BCUT2D eigenvalue weighted by molar-refractivity contribution is 7.12. The van der Waals surface area contributed by atoms with Gasteiger partial charge in [-0.1, -0.05) is 72.8 Å². The number of nitrogens with zero attached hydrogens (tertiary/aromatic N) is 1. The topological polar surface area (TPSA) is 108 Å². The van der Waals surface area contributed by atoms with Gasteiger partial charge in [0.15, 0.2) is 5.54 Å². The second-order valence-electron chi connectivity index (χ2n) is 8.01. The van der Waals surface area contributed by atoms with Crippen molar-refractivity contribution in [3.05, 3.63) is 124 Å². The number of hydrazine groups is 1. The van der Waals surface area contributed by atoms with Gasteiger partial charge in [0.05, 0.1) is 4.88 Å². The Labute approximate surface area is 210 Å². The molecule has 0 unspecified atom stereocenters. The van der Waals surface area contributed by atoms with E-state index in [4.69, 9.17) is 0 Å². The number of anilines is 1. The number of imide groups is 1. The fourth-order valence-corrected chi connectivity index (χ4v) is 4.69. The van der Waals surface area contributed by atoms with Gasteiger partial charge in [0.1, 0.15) is 0 Å². The summed E-state index contributed by atoms with van der Waals surface area (Å²) in [7, 11) is 0. The highest BCUT2D eigenvalue weighted by atomic mass is 32.1. The van der Waals surface area contributed by atoms with Gasteiger partial charge in [-0.2, -0.15) is 5.01 Å². The second-order valence-corrected chi connectivity index (χ2v) is 8.95. The zero-order valence-electron chi connectivity index (χ0n) is 18.8. The first-order valence-corrected chi connectivity index (χ1v) is 11.9. The van der Waals surface area contributed by atoms with E-state index in [0.717, 1.165) is 0 Å². The quantitative estimate of drug-likeness (QED) is 0.349. The molecule has 0 aliphatic carbocycles. The van der Waals surface area contributed by atoms with Crippen LogP contribution in [0.5, 0.6) is 0 Å². The third-order valence-electron chi connectivity index (χ3n) is 5.78. The number of rotatable bonds is 6. The van der Waals surface area contributed by atoms with E-state index in [1.165, 1.54) is 23.5 Å². The number of hydrogen-bond donors (Lipinski definition) is 3. The summed E-state index contributed by atoms with van der Waals surface area (Å²) in [6.07, 6.45) is 0. The summed E-state index contributed by atoms with van der Waals surface area (Å²) in [6, 6.07) is 26.7. The first-order valence-electron chi connectivity index (χ1n) is 11.0. The van der Waals surface area contributed by atoms with Crippen molar-refractivity contribution in [2.75, 3.05) is 5.32 Å². The molecular formula is C27H20N4O4S. The lowest BCUT2D eigenvalue weighted by Gasteiger charge is -2.27. The Morgan fingerprint density at radius 2 is 1.44 bits per heavy atom. The normalized spacial score (nSPS) is 14.3. The molecule has 5 rings (SSSR count). The van der Waals surface area contributed by atoms with E-state index < -0.39 is 23.4 Å². The van der Waals surface area contributed by atoms with E-state index in [2.05, 4.69) is 16.1 Å². The fraction of sp³-hybridized carbons (Fsp3) is 0.0370. The van der Waals surface area contributed by atoms with Crippen LogP contribution in [0.3, 0.4) is 0 Å². The second kappa shape index (κ2) is 9.47. The molecule has 1 saturated heterocycles. The molecule has 178 valence electrons. The first-order chi connectivity index (χ1) is 17.5. The molecule has 1 aliphatic heterocycles. The summed E-state index contributed by atoms with van der Waals surface area (Å²) in [4.78, 5) is 52.6. The van der Waals surface area contributed by atoms with E-state index in [1.807, 2.05) is 12.1 Å². The Balaban J connectivity index is 1.40. The van der Waals surface area contributed by atoms with Crippen molar-refractivity contribution in [1.82, 2.24) is 15.8 Å². The van der Waals surface area contributed by atoms with Crippen LogP contribution in [0.1, 0.15) is 31.2 Å². The van der Waals surface area contributed by atoms with Crippen LogP contribution in [0.15, 0.2) is 102 Å². The van der Waals surface area contributed by atoms with Crippen LogP contribution in [-0.4, -0.2) is 28.8 Å². The van der Waals surface area contributed by atoms with Crippen molar-refractivity contribution in [2.24, 2.45) is 0 Å². The molecule has 0 saturated carbocycles. The minimum Gasteiger partial charge on any atom is -0.321 e. The molecule has 0 atom stereocenters. The van der Waals surface area contributed by atoms with Crippen molar-refractivity contribution in [1.29, 1.82) is 0 Å². The third kappa shape index (κ3) is 4.12. The number of amides is 5. The zero-order valence-corrected chi connectivity index (χ0v) is 19.6. The predicted octanol–water partition coefficient (Wildman–Crippen LogP) is 4.14. The third-order valence-corrected chi connectivity index (χ3v) is 6.64. The molecule has 1 aliphatic rings. The molecule has 0 bridgehead atoms. The molecular weight excluding hydrogens is 476 g/mol. The number of thiophene rings is 1. The molecule has 1 fully saturated rings. The number of hydrogen-bond acceptors (Lipinski definition) is 5. The smallest absolute Gasteiger partial charge is 0.321 e. The van der Waals surface area contributed by atoms with Gasteiger partial charge >= 0.3 is 6.03 Å². The molecule has 5 amide bonds. The van der Waals surface area contributed by atoms with Gasteiger partial charge in [0, 0.05) is 11.3 Å². The lowest BCUT2D eigenvalue weighted by atomic mass is 9.83. The molecule has 3 N–H and O–H groups in total. The van der Waals surface area contributed by atoms with Crippen LogP contribution in [0, 0.1) is 0 Å². The fourth-order valence-electron chi connectivity index (χ4n) is 4.07. The van der Waals surface area contributed by atoms with Gasteiger partial charge in [-0.3, -0.25) is 19.8 Å². The molecule has 9 heteroatoms. The highest BCUT2D eigenvalue weighted by Gasteiger charge is 2.54. The Kier molecular flexibility index (Phi) is 6.05. The Hall–Kier alpha value is -4.76. The van der Waals surface area contributed by atoms with Crippen molar-refractivity contribution >= 4 is 40.8 Å². The van der Waals surface area contributed by atoms with E-state index in [0.29, 0.717) is 26.7 Å². The Morgan fingerprint density at radius 3 is 2.06 bits per heavy atom. The van der Waals surface area contributed by atoms with Gasteiger partial charge in [-0.25, -0.2) is 4.79 Å². The molecule has 36 heavy (non-hydrogen) atoms. The van der Waals surface area contributed by atoms with Crippen molar-refractivity contribution < 1.29 is 19.2 Å². The lowest BCUT2D eigenvalue weighted by Crippen LogP contribution is -2.49. The van der Waals surface area contributed by atoms with Crippen LogP contribution in [0.2, 0.25) is 0 Å². The Morgan fingerprint density at radius 1 is 0.778 bits per heavy atom. The average Bonchev–Trinajstić information content (AvgIpc) is 3.54. The van der Waals surface area contributed by atoms with Crippen molar-refractivity contribution in [2.45, 2.75) is 5.54 Å². The van der Waals surface area contributed by atoms with Gasteiger partial charge in [0.25, 0.3) is 17.7 Å². The van der Waals surface area contributed by atoms with Crippen molar-refractivity contribution in [3.63, 3.8) is 0 Å². The standard InChI is InChI=1S/C27H20N4O4S/c32-23(18-9-7-14-21(17-18)28-24(33)22-15-8-16-36-22)30-31-25(34)27(29-26(31)35,19-10-3-1-4-11-19)20-12-5-2-6-13-20/h1-17H,(H,28,33)(H,29,35)(H,30,32). The van der Waals surface area contributed by atoms with E-state index >= 15 is 0 Å². The minimum atomic E-state index is -1.50. The van der Waals surface area contributed by atoms with Gasteiger partial charge in [-0.15, -0.1) is 11.3 Å². The van der Waals surface area contributed by atoms with Crippen LogP contribution in [-0.2, 0) is 10.3 Å². The van der Waals surface area contributed by atoms with Crippen LogP contribution in [0.4, 0.5) is 10.5 Å². The summed E-state index contributed by atoms with van der Waals surface area (Å²) in [5.74, 6) is -1.62. The summed E-state index contributed by atoms with van der Waals surface area (Å²) in [5.41, 5.74) is 2.61. The maximum atomic E-state index is 13.7. The number of nitrogens with one attached hydrogen (secondary N) is 3. The van der Waals surface area contributed by atoms with Crippen LogP contribution >= 0.6 is 11.3 Å². The molecule has 0 radical (unpaired) electrons. The maximum absolute atomic E-state index is 13.7.